The van der Waals surface area contributed by atoms with Gasteiger partial charge in [0.1, 0.15) is 5.75 Å². The first-order chi connectivity index (χ1) is 10.5. The summed E-state index contributed by atoms with van der Waals surface area (Å²) in [6.07, 6.45) is 3.19. The molecule has 5 nitrogen and oxygen atoms in total. The molecule has 1 aliphatic carbocycles. The van der Waals surface area contributed by atoms with Gasteiger partial charge < -0.3 is 15.4 Å². The zero-order chi connectivity index (χ0) is 15.7. The van der Waals surface area contributed by atoms with Crippen LogP contribution in [0.3, 0.4) is 0 Å². The Labute approximate surface area is 130 Å². The molecule has 2 fully saturated rings. The second-order valence-electron chi connectivity index (χ2n) is 6.34. The van der Waals surface area contributed by atoms with Crippen molar-refractivity contribution in [3.8, 4) is 5.75 Å². The standard InChI is InChI=1S/C17H22N2O3/c1-22-14-6-2-4-12(10-14)15(20)13-5-3-9-19(11-13)16(21)17(18)7-8-17/h2,4,6,10,13H,3,5,7-9,11,18H2,1H3. The van der Waals surface area contributed by atoms with Gasteiger partial charge in [0.05, 0.1) is 12.6 Å². The number of benzene rings is 1. The van der Waals surface area contributed by atoms with E-state index in [0.29, 0.717) is 24.4 Å². The maximum Gasteiger partial charge on any atom is 0.242 e. The Balaban J connectivity index is 1.71. The predicted octanol–water partition coefficient (Wildman–Crippen LogP) is 1.61. The molecule has 1 atom stereocenters. The van der Waals surface area contributed by atoms with Crippen molar-refractivity contribution in [1.82, 2.24) is 4.90 Å². The van der Waals surface area contributed by atoms with E-state index < -0.39 is 5.54 Å². The third kappa shape index (κ3) is 2.86. The molecule has 0 radical (unpaired) electrons. The van der Waals surface area contributed by atoms with Crippen molar-refractivity contribution >= 4 is 11.7 Å². The summed E-state index contributed by atoms with van der Waals surface area (Å²) in [5.74, 6) is 0.620. The van der Waals surface area contributed by atoms with E-state index in [2.05, 4.69) is 0 Å². The average molecular weight is 302 g/mol. The minimum atomic E-state index is -0.652. The van der Waals surface area contributed by atoms with E-state index >= 15 is 0 Å². The van der Waals surface area contributed by atoms with E-state index in [1.807, 2.05) is 12.1 Å². The molecule has 22 heavy (non-hydrogen) atoms. The molecule has 2 N–H and O–H groups in total. The lowest BCUT2D eigenvalue weighted by Gasteiger charge is -2.33. The third-order valence-electron chi connectivity index (χ3n) is 4.65. The molecule has 1 heterocycles. The highest BCUT2D eigenvalue weighted by Gasteiger charge is 2.49. The number of ether oxygens (including phenoxy) is 1. The van der Waals surface area contributed by atoms with E-state index in [1.54, 1.807) is 24.1 Å². The van der Waals surface area contributed by atoms with Crippen LogP contribution in [0, 0.1) is 5.92 Å². The highest BCUT2D eigenvalue weighted by atomic mass is 16.5. The first-order valence-electron chi connectivity index (χ1n) is 7.80. The van der Waals surface area contributed by atoms with Gasteiger partial charge in [0.15, 0.2) is 5.78 Å². The number of likely N-dealkylation sites (tertiary alicyclic amines) is 1. The summed E-state index contributed by atoms with van der Waals surface area (Å²) >= 11 is 0. The number of hydrogen-bond acceptors (Lipinski definition) is 4. The first kappa shape index (κ1) is 15.0. The molecular formula is C17H22N2O3. The number of carbonyl (C=O) groups excluding carboxylic acids is 2. The van der Waals surface area contributed by atoms with Crippen LogP contribution < -0.4 is 10.5 Å². The normalized spacial score (nSPS) is 23.0. The monoisotopic (exact) mass is 302 g/mol. The summed E-state index contributed by atoms with van der Waals surface area (Å²) in [7, 11) is 1.58. The Bertz CT molecular complexity index is 595. The zero-order valence-corrected chi connectivity index (χ0v) is 12.9. The van der Waals surface area contributed by atoms with Gasteiger partial charge in [-0.2, -0.15) is 0 Å². The number of rotatable bonds is 4. The zero-order valence-electron chi connectivity index (χ0n) is 12.9. The number of ketones is 1. The molecule has 1 saturated carbocycles. The molecule has 1 saturated heterocycles. The maximum absolute atomic E-state index is 12.7. The van der Waals surface area contributed by atoms with Crippen LogP contribution >= 0.6 is 0 Å². The fourth-order valence-corrected chi connectivity index (χ4v) is 3.05. The predicted molar refractivity (Wildman–Crippen MR) is 82.8 cm³/mol. The average Bonchev–Trinajstić information content (AvgIpc) is 3.32. The summed E-state index contributed by atoms with van der Waals surface area (Å²) in [6.45, 7) is 1.19. The van der Waals surface area contributed by atoms with E-state index in [4.69, 9.17) is 10.5 Å². The number of nitrogens with zero attached hydrogens (tertiary/aromatic N) is 1. The van der Waals surface area contributed by atoms with Gasteiger partial charge in [0.25, 0.3) is 0 Å². The van der Waals surface area contributed by atoms with Gasteiger partial charge in [0, 0.05) is 24.6 Å². The summed E-state index contributed by atoms with van der Waals surface area (Å²) in [4.78, 5) is 26.8. The number of Topliss-reactive ketones (excluding diaryl/α,β-unsaturated/α-hetero) is 1. The minimum Gasteiger partial charge on any atom is -0.497 e. The Hall–Kier alpha value is -1.88. The fourth-order valence-electron chi connectivity index (χ4n) is 3.05. The third-order valence-corrected chi connectivity index (χ3v) is 4.65. The van der Waals surface area contributed by atoms with Crippen molar-refractivity contribution in [3.05, 3.63) is 29.8 Å². The topological polar surface area (TPSA) is 72.6 Å². The molecule has 0 aromatic heterocycles. The number of hydrogen-bond donors (Lipinski definition) is 1. The molecule has 1 aromatic rings. The van der Waals surface area contributed by atoms with Crippen LogP contribution in [0.15, 0.2) is 24.3 Å². The van der Waals surface area contributed by atoms with Crippen LogP contribution in [0.4, 0.5) is 0 Å². The van der Waals surface area contributed by atoms with Gasteiger partial charge in [-0.1, -0.05) is 12.1 Å². The van der Waals surface area contributed by atoms with E-state index in [1.165, 1.54) is 0 Å². The lowest BCUT2D eigenvalue weighted by atomic mass is 9.89. The van der Waals surface area contributed by atoms with Crippen molar-refractivity contribution in [3.63, 3.8) is 0 Å². The van der Waals surface area contributed by atoms with Crippen molar-refractivity contribution in [1.29, 1.82) is 0 Å². The lowest BCUT2D eigenvalue weighted by Crippen LogP contribution is -2.50. The number of piperidine rings is 1. The molecule has 2 aliphatic rings. The van der Waals surface area contributed by atoms with Crippen LogP contribution in [0.25, 0.3) is 0 Å². The summed E-state index contributed by atoms with van der Waals surface area (Å²) < 4.78 is 5.17. The lowest BCUT2D eigenvalue weighted by molar-refractivity contribution is -0.135. The fraction of sp³-hybridized carbons (Fsp3) is 0.529. The minimum absolute atomic E-state index is 0.00985. The van der Waals surface area contributed by atoms with Gasteiger partial charge >= 0.3 is 0 Å². The second kappa shape index (κ2) is 5.72. The van der Waals surface area contributed by atoms with Gasteiger partial charge in [-0.05, 0) is 37.8 Å². The molecule has 0 spiro atoms. The van der Waals surface area contributed by atoms with Crippen LogP contribution in [0.5, 0.6) is 5.75 Å². The van der Waals surface area contributed by atoms with E-state index in [0.717, 1.165) is 25.7 Å². The van der Waals surface area contributed by atoms with E-state index in [9.17, 15) is 9.59 Å². The highest BCUT2D eigenvalue weighted by molar-refractivity contribution is 5.99. The number of carbonyl (C=O) groups is 2. The maximum atomic E-state index is 12.7. The van der Waals surface area contributed by atoms with Crippen LogP contribution in [-0.2, 0) is 4.79 Å². The molecule has 1 unspecified atom stereocenters. The van der Waals surface area contributed by atoms with Gasteiger partial charge in [-0.15, -0.1) is 0 Å². The molecule has 3 rings (SSSR count). The summed E-state index contributed by atoms with van der Waals surface area (Å²) in [6, 6.07) is 7.20. The molecule has 118 valence electrons. The second-order valence-corrected chi connectivity index (χ2v) is 6.34. The van der Waals surface area contributed by atoms with Crippen molar-refractivity contribution in [2.24, 2.45) is 11.7 Å². The molecule has 1 aliphatic heterocycles. The smallest absolute Gasteiger partial charge is 0.242 e. The molecular weight excluding hydrogens is 280 g/mol. The number of methoxy groups -OCH3 is 1. The summed E-state index contributed by atoms with van der Waals surface area (Å²) in [5, 5.41) is 0. The van der Waals surface area contributed by atoms with Crippen molar-refractivity contribution in [2.45, 2.75) is 31.2 Å². The van der Waals surface area contributed by atoms with Gasteiger partial charge in [-0.3, -0.25) is 9.59 Å². The largest absolute Gasteiger partial charge is 0.497 e. The molecule has 0 bridgehead atoms. The number of nitrogens with two attached hydrogens (primary N) is 1. The van der Waals surface area contributed by atoms with Crippen LogP contribution in [0.2, 0.25) is 0 Å². The van der Waals surface area contributed by atoms with Crippen LogP contribution in [-0.4, -0.2) is 42.3 Å². The molecule has 5 heteroatoms. The van der Waals surface area contributed by atoms with Crippen LogP contribution in [0.1, 0.15) is 36.0 Å². The molecule has 1 amide bonds. The van der Waals surface area contributed by atoms with Gasteiger partial charge in [-0.25, -0.2) is 0 Å². The summed E-state index contributed by atoms with van der Waals surface area (Å²) in [5.41, 5.74) is 5.99. The quantitative estimate of drug-likeness (QED) is 0.858. The van der Waals surface area contributed by atoms with Crippen molar-refractivity contribution in [2.75, 3.05) is 20.2 Å². The van der Waals surface area contributed by atoms with Crippen molar-refractivity contribution < 1.29 is 14.3 Å². The Morgan fingerprint density at radius 2 is 2.14 bits per heavy atom. The molecule has 1 aromatic carbocycles. The Kier molecular flexibility index (Phi) is 3.91. The number of amides is 1. The SMILES string of the molecule is COc1cccc(C(=O)C2CCCN(C(=O)C3(N)CC3)C2)c1. The Morgan fingerprint density at radius 3 is 2.82 bits per heavy atom. The van der Waals surface area contributed by atoms with Gasteiger partial charge in [0.2, 0.25) is 5.91 Å². The highest BCUT2D eigenvalue weighted by Crippen LogP contribution is 2.35. The Morgan fingerprint density at radius 1 is 1.36 bits per heavy atom. The first-order valence-corrected chi connectivity index (χ1v) is 7.80. The van der Waals surface area contributed by atoms with E-state index in [-0.39, 0.29) is 17.6 Å².